The number of hydrogen-bond donors (Lipinski definition) is 2. The molecule has 0 aliphatic heterocycles. The maximum absolute atomic E-state index is 5.45. The van der Waals surface area contributed by atoms with E-state index in [0.29, 0.717) is 0 Å². The Balaban J connectivity index is 1.54. The van der Waals surface area contributed by atoms with Crippen LogP contribution in [0, 0.1) is 17.8 Å². The van der Waals surface area contributed by atoms with Crippen molar-refractivity contribution in [3.63, 3.8) is 0 Å². The molecule has 0 radical (unpaired) electrons. The van der Waals surface area contributed by atoms with E-state index in [0.717, 1.165) is 35.0 Å². The van der Waals surface area contributed by atoms with Gasteiger partial charge in [-0.15, -0.1) is 5.10 Å². The lowest BCUT2D eigenvalue weighted by molar-refractivity contribution is 0.213. The zero-order valence-corrected chi connectivity index (χ0v) is 11.6. The number of hydrazine groups is 1. The Hall–Kier alpha value is -0.720. The zero-order chi connectivity index (χ0) is 12.5. The van der Waals surface area contributed by atoms with Gasteiger partial charge in [-0.3, -0.25) is 0 Å². The summed E-state index contributed by atoms with van der Waals surface area (Å²) >= 11 is 1.32. The van der Waals surface area contributed by atoms with Crippen LogP contribution in [-0.2, 0) is 6.54 Å². The minimum absolute atomic E-state index is 0.837. The van der Waals surface area contributed by atoms with Crippen LogP contribution in [0.2, 0.25) is 0 Å². The van der Waals surface area contributed by atoms with Gasteiger partial charge in [0, 0.05) is 24.6 Å². The molecule has 1 aromatic heterocycles. The molecular weight excluding hydrogens is 246 g/mol. The third kappa shape index (κ3) is 2.37. The quantitative estimate of drug-likeness (QED) is 0.628. The third-order valence-electron chi connectivity index (χ3n) is 4.54. The molecule has 2 bridgehead atoms. The Morgan fingerprint density at radius 1 is 1.44 bits per heavy atom. The van der Waals surface area contributed by atoms with Crippen molar-refractivity contribution in [3.05, 3.63) is 5.69 Å². The van der Waals surface area contributed by atoms with Gasteiger partial charge in [0.2, 0.25) is 0 Å². The van der Waals surface area contributed by atoms with Crippen LogP contribution in [0.15, 0.2) is 0 Å². The number of aromatic nitrogens is 2. The van der Waals surface area contributed by atoms with Gasteiger partial charge < -0.3 is 10.3 Å². The summed E-state index contributed by atoms with van der Waals surface area (Å²) in [6.07, 6.45) is 5.85. The number of nitrogens with one attached hydrogen (secondary N) is 1. The van der Waals surface area contributed by atoms with Crippen molar-refractivity contribution in [2.24, 2.45) is 23.6 Å². The first kappa shape index (κ1) is 12.3. The van der Waals surface area contributed by atoms with E-state index in [-0.39, 0.29) is 0 Å². The summed E-state index contributed by atoms with van der Waals surface area (Å²) in [5.41, 5.74) is 3.63. The normalized spacial score (nSPS) is 30.3. The molecule has 3 unspecified atom stereocenters. The predicted octanol–water partition coefficient (Wildman–Crippen LogP) is 1.69. The van der Waals surface area contributed by atoms with Gasteiger partial charge in [-0.2, -0.15) is 0 Å². The highest BCUT2D eigenvalue weighted by Crippen LogP contribution is 2.48. The van der Waals surface area contributed by atoms with Crippen LogP contribution in [0.3, 0.4) is 0 Å². The number of nitrogens with two attached hydrogens (primary N) is 1. The molecule has 3 atom stereocenters. The molecule has 2 fully saturated rings. The molecule has 0 amide bonds. The van der Waals surface area contributed by atoms with Gasteiger partial charge in [0.05, 0.1) is 0 Å². The SMILES string of the molecule is CN(Cc1nnsc1NN)CC1CC2CCC1C2. The Labute approximate surface area is 112 Å². The highest BCUT2D eigenvalue weighted by atomic mass is 32.1. The maximum atomic E-state index is 5.45. The van der Waals surface area contributed by atoms with Crippen LogP contribution in [0.1, 0.15) is 31.4 Å². The van der Waals surface area contributed by atoms with Crippen LogP contribution in [0.25, 0.3) is 0 Å². The second kappa shape index (κ2) is 5.11. The van der Waals surface area contributed by atoms with Crippen molar-refractivity contribution < 1.29 is 0 Å². The number of fused-ring (bicyclic) bond motifs is 2. The molecule has 3 rings (SSSR count). The topological polar surface area (TPSA) is 67.1 Å². The lowest BCUT2D eigenvalue weighted by Crippen LogP contribution is -2.28. The first-order valence-corrected chi connectivity index (χ1v) is 7.50. The van der Waals surface area contributed by atoms with E-state index >= 15 is 0 Å². The number of nitrogens with zero attached hydrogens (tertiary/aromatic N) is 3. The Kier molecular flexibility index (Phi) is 3.50. The standard InChI is InChI=1S/C12H21N5S/c1-17(7-11-12(14-13)18-16-15-11)6-10-5-8-2-3-9(10)4-8/h8-10,14H,2-7,13H2,1H3. The summed E-state index contributed by atoms with van der Waals surface area (Å²) in [6, 6.07) is 0. The second-order valence-electron chi connectivity index (χ2n) is 5.82. The van der Waals surface area contributed by atoms with Crippen LogP contribution in [-0.4, -0.2) is 28.1 Å². The molecule has 2 aliphatic carbocycles. The summed E-state index contributed by atoms with van der Waals surface area (Å²) in [4.78, 5) is 2.36. The van der Waals surface area contributed by atoms with Crippen LogP contribution in [0.5, 0.6) is 0 Å². The molecule has 0 saturated heterocycles. The van der Waals surface area contributed by atoms with E-state index < -0.39 is 0 Å². The molecule has 6 heteroatoms. The average Bonchev–Trinajstić information content (AvgIpc) is 3.04. The molecule has 1 heterocycles. The summed E-state index contributed by atoms with van der Waals surface area (Å²) < 4.78 is 3.94. The van der Waals surface area contributed by atoms with E-state index in [2.05, 4.69) is 27.0 Å². The number of nitrogen functional groups attached to an aromatic ring is 1. The minimum atomic E-state index is 0.837. The smallest absolute Gasteiger partial charge is 0.148 e. The van der Waals surface area contributed by atoms with Gasteiger partial charge in [0.25, 0.3) is 0 Å². The van der Waals surface area contributed by atoms with Gasteiger partial charge in [0.15, 0.2) is 0 Å². The third-order valence-corrected chi connectivity index (χ3v) is 5.24. The highest BCUT2D eigenvalue weighted by molar-refractivity contribution is 7.10. The lowest BCUT2D eigenvalue weighted by Gasteiger charge is -2.26. The van der Waals surface area contributed by atoms with Crippen molar-refractivity contribution in [3.8, 4) is 0 Å². The zero-order valence-electron chi connectivity index (χ0n) is 10.8. The minimum Gasteiger partial charge on any atom is -0.313 e. The van der Waals surface area contributed by atoms with Crippen LogP contribution in [0.4, 0.5) is 5.00 Å². The number of rotatable bonds is 5. The van der Waals surface area contributed by atoms with E-state index in [1.807, 2.05) is 0 Å². The van der Waals surface area contributed by atoms with Crippen molar-refractivity contribution in [1.82, 2.24) is 14.5 Å². The largest absolute Gasteiger partial charge is 0.313 e. The molecule has 100 valence electrons. The molecule has 0 spiro atoms. The molecule has 5 nitrogen and oxygen atoms in total. The maximum Gasteiger partial charge on any atom is 0.148 e. The summed E-state index contributed by atoms with van der Waals surface area (Å²) in [5.74, 6) is 8.35. The van der Waals surface area contributed by atoms with Crippen LogP contribution >= 0.6 is 11.5 Å². The second-order valence-corrected chi connectivity index (χ2v) is 6.58. The Morgan fingerprint density at radius 2 is 2.33 bits per heavy atom. The molecule has 2 saturated carbocycles. The fourth-order valence-electron chi connectivity index (χ4n) is 3.74. The highest BCUT2D eigenvalue weighted by Gasteiger charge is 2.39. The van der Waals surface area contributed by atoms with Crippen molar-refractivity contribution >= 4 is 16.5 Å². The molecule has 1 aromatic rings. The molecule has 3 N–H and O–H groups in total. The van der Waals surface area contributed by atoms with Gasteiger partial charge in [0.1, 0.15) is 10.7 Å². The number of hydrogen-bond acceptors (Lipinski definition) is 6. The molecule has 0 aromatic carbocycles. The lowest BCUT2D eigenvalue weighted by atomic mass is 9.88. The van der Waals surface area contributed by atoms with E-state index in [1.54, 1.807) is 0 Å². The summed E-state index contributed by atoms with van der Waals surface area (Å²) in [6.45, 7) is 2.02. The van der Waals surface area contributed by atoms with Gasteiger partial charge in [-0.1, -0.05) is 10.9 Å². The fourth-order valence-corrected chi connectivity index (χ4v) is 4.23. The Bertz CT molecular complexity index is 407. The first-order valence-electron chi connectivity index (χ1n) is 6.72. The van der Waals surface area contributed by atoms with E-state index in [9.17, 15) is 0 Å². The summed E-state index contributed by atoms with van der Waals surface area (Å²) in [7, 11) is 2.17. The van der Waals surface area contributed by atoms with Crippen molar-refractivity contribution in [1.29, 1.82) is 0 Å². The fraction of sp³-hybridized carbons (Fsp3) is 0.833. The monoisotopic (exact) mass is 267 g/mol. The van der Waals surface area contributed by atoms with E-state index in [1.165, 1.54) is 43.8 Å². The molecule has 2 aliphatic rings. The Morgan fingerprint density at radius 3 is 3.00 bits per heavy atom. The molecular formula is C12H21N5S. The summed E-state index contributed by atoms with van der Waals surface area (Å²) in [5, 5.41) is 5.02. The van der Waals surface area contributed by atoms with Crippen molar-refractivity contribution in [2.45, 2.75) is 32.2 Å². The van der Waals surface area contributed by atoms with Gasteiger partial charge in [-0.25, -0.2) is 5.84 Å². The molecule has 18 heavy (non-hydrogen) atoms. The van der Waals surface area contributed by atoms with E-state index in [4.69, 9.17) is 5.84 Å². The van der Waals surface area contributed by atoms with Crippen LogP contribution < -0.4 is 11.3 Å². The predicted molar refractivity (Wildman–Crippen MR) is 73.0 cm³/mol. The van der Waals surface area contributed by atoms with Crippen molar-refractivity contribution in [2.75, 3.05) is 19.0 Å². The average molecular weight is 267 g/mol. The van der Waals surface area contributed by atoms with Gasteiger partial charge in [-0.05, 0) is 44.1 Å². The number of anilines is 1. The van der Waals surface area contributed by atoms with Gasteiger partial charge >= 0.3 is 0 Å². The first-order chi connectivity index (χ1) is 8.76.